The molecule has 4 aromatic rings. The topological polar surface area (TPSA) is 129 Å². The Hall–Kier alpha value is -4.60. The van der Waals surface area contributed by atoms with Crippen LogP contribution in [-0.4, -0.2) is 54.7 Å². The van der Waals surface area contributed by atoms with Crippen molar-refractivity contribution in [3.8, 4) is 0 Å². The Balaban J connectivity index is 1.09. The number of hydrogen-bond acceptors (Lipinski definition) is 7. The van der Waals surface area contributed by atoms with Gasteiger partial charge in [-0.1, -0.05) is 12.1 Å². The third-order valence-corrected chi connectivity index (χ3v) is 7.68. The molecule has 10 heteroatoms. The zero-order valence-electron chi connectivity index (χ0n) is 20.0. The Bertz CT molecular complexity index is 1540. The van der Waals surface area contributed by atoms with Gasteiger partial charge in [-0.2, -0.15) is 0 Å². The van der Waals surface area contributed by atoms with Crippen molar-refractivity contribution >= 4 is 29.1 Å². The van der Waals surface area contributed by atoms with E-state index in [1.54, 1.807) is 18.6 Å². The predicted octanol–water partition coefficient (Wildman–Crippen LogP) is 2.57. The Morgan fingerprint density at radius 3 is 2.84 bits per heavy atom. The molecule has 0 saturated heterocycles. The normalized spacial score (nSPS) is 19.7. The fourth-order valence-corrected chi connectivity index (χ4v) is 5.78. The van der Waals surface area contributed by atoms with E-state index in [0.717, 1.165) is 46.6 Å². The predicted molar refractivity (Wildman–Crippen MR) is 136 cm³/mol. The maximum Gasteiger partial charge on any atom is 0.272 e. The Labute approximate surface area is 212 Å². The van der Waals surface area contributed by atoms with Crippen LogP contribution in [0, 0.1) is 0 Å². The number of anilines is 3. The van der Waals surface area contributed by atoms with Crippen LogP contribution in [-0.2, 0) is 35.9 Å². The van der Waals surface area contributed by atoms with Crippen molar-refractivity contribution in [1.82, 2.24) is 29.8 Å². The smallest absolute Gasteiger partial charge is 0.272 e. The van der Waals surface area contributed by atoms with Crippen LogP contribution in [0.3, 0.4) is 0 Å². The van der Waals surface area contributed by atoms with Crippen LogP contribution in [0.2, 0.25) is 0 Å². The molecule has 0 fully saturated rings. The highest BCUT2D eigenvalue weighted by Gasteiger charge is 2.51. The molecule has 3 N–H and O–H groups in total. The third-order valence-electron chi connectivity index (χ3n) is 7.68. The Kier molecular flexibility index (Phi) is 4.82. The van der Waals surface area contributed by atoms with Gasteiger partial charge in [0.2, 0.25) is 5.91 Å². The van der Waals surface area contributed by atoms with Crippen molar-refractivity contribution in [1.29, 1.82) is 0 Å². The molecule has 10 nitrogen and oxygen atoms in total. The monoisotopic (exact) mass is 492 g/mol. The number of carbonyl (C=O) groups excluding carboxylic acids is 2. The fraction of sp³-hybridized carbons (Fsp3) is 0.259. The summed E-state index contributed by atoms with van der Waals surface area (Å²) in [6.45, 7) is 1.21. The number of fused-ring (bicyclic) bond motifs is 4. The van der Waals surface area contributed by atoms with Gasteiger partial charge < -0.3 is 20.5 Å². The summed E-state index contributed by atoms with van der Waals surface area (Å²) >= 11 is 0. The van der Waals surface area contributed by atoms with E-state index in [9.17, 15) is 9.59 Å². The highest BCUT2D eigenvalue weighted by atomic mass is 16.2. The lowest BCUT2D eigenvalue weighted by Gasteiger charge is -2.20. The number of rotatable bonds is 3. The van der Waals surface area contributed by atoms with Crippen molar-refractivity contribution < 1.29 is 9.59 Å². The number of hydrogen-bond donors (Lipinski definition) is 3. The van der Waals surface area contributed by atoms with Gasteiger partial charge in [0, 0.05) is 55.1 Å². The molecular formula is C27H24N8O2. The molecule has 37 heavy (non-hydrogen) atoms. The molecule has 0 bridgehead atoms. The van der Waals surface area contributed by atoms with Gasteiger partial charge in [-0.05, 0) is 42.2 Å². The second-order valence-corrected chi connectivity index (χ2v) is 9.81. The first kappa shape index (κ1) is 21.7. The maximum atomic E-state index is 13.2. The first-order valence-electron chi connectivity index (χ1n) is 12.4. The zero-order valence-corrected chi connectivity index (χ0v) is 20.0. The van der Waals surface area contributed by atoms with Crippen molar-refractivity contribution in [2.24, 2.45) is 0 Å². The van der Waals surface area contributed by atoms with Gasteiger partial charge >= 0.3 is 0 Å². The number of aromatic amines is 1. The maximum absolute atomic E-state index is 13.2. The van der Waals surface area contributed by atoms with Crippen molar-refractivity contribution in [2.45, 2.75) is 31.1 Å². The molecule has 0 saturated carbocycles. The number of imidazole rings is 1. The molecule has 1 atom stereocenters. The minimum atomic E-state index is -0.609. The highest BCUT2D eigenvalue weighted by molar-refractivity contribution is 6.06. The number of H-pyrrole nitrogens is 1. The molecule has 1 unspecified atom stereocenters. The van der Waals surface area contributed by atoms with Gasteiger partial charge in [0.1, 0.15) is 23.7 Å². The number of nitrogens with zero attached hydrogens (tertiary/aromatic N) is 5. The molecular weight excluding hydrogens is 468 g/mol. The van der Waals surface area contributed by atoms with Crippen molar-refractivity contribution in [3.05, 3.63) is 89.0 Å². The fourth-order valence-electron chi connectivity index (χ4n) is 5.78. The van der Waals surface area contributed by atoms with Gasteiger partial charge in [0.05, 0.1) is 17.4 Å². The molecule has 1 spiro atoms. The van der Waals surface area contributed by atoms with E-state index in [2.05, 4.69) is 47.7 Å². The van der Waals surface area contributed by atoms with Crippen LogP contribution in [0.25, 0.3) is 0 Å². The summed E-state index contributed by atoms with van der Waals surface area (Å²) in [6.07, 6.45) is 7.54. The first-order valence-corrected chi connectivity index (χ1v) is 12.4. The molecule has 2 aliphatic heterocycles. The molecule has 0 radical (unpaired) electrons. The quantitative estimate of drug-likeness (QED) is 0.401. The standard InChI is InChI=1S/C27H24N8O2/c36-25(35-8-5-20-21(6-9-35)30-14-29-20)22-11-23(32-15-31-22)33-18-4-3-16-12-27(13-17(16)10-18)19-2-1-7-28-24(19)34-26(27)37/h1-4,7,10-11,14-15H,5-6,8-9,12-13H2,(H,29,30)(H,28,34,37)(H,31,32,33). The SMILES string of the molecule is O=C(c1cc(Nc2ccc3c(c2)CC2(C3)C(=O)Nc3ncccc32)ncn1)N1CCc2nc[nH]c2CC1. The molecule has 3 aliphatic rings. The average molecular weight is 493 g/mol. The molecule has 5 heterocycles. The van der Waals surface area contributed by atoms with Crippen LogP contribution in [0.15, 0.2) is 55.2 Å². The highest BCUT2D eigenvalue weighted by Crippen LogP contribution is 2.47. The summed E-state index contributed by atoms with van der Waals surface area (Å²) < 4.78 is 0. The number of aromatic nitrogens is 5. The summed E-state index contributed by atoms with van der Waals surface area (Å²) in [6, 6.07) is 11.7. The van der Waals surface area contributed by atoms with Crippen molar-refractivity contribution in [2.75, 3.05) is 23.7 Å². The number of carbonyl (C=O) groups is 2. The van der Waals surface area contributed by atoms with E-state index in [4.69, 9.17) is 0 Å². The van der Waals surface area contributed by atoms with E-state index in [0.29, 0.717) is 43.3 Å². The summed E-state index contributed by atoms with van der Waals surface area (Å²) in [5.74, 6) is 1.08. The number of amides is 2. The number of pyridine rings is 1. The molecule has 7 rings (SSSR count). The van der Waals surface area contributed by atoms with E-state index >= 15 is 0 Å². The van der Waals surface area contributed by atoms with E-state index in [-0.39, 0.29) is 11.8 Å². The lowest BCUT2D eigenvalue weighted by atomic mass is 9.79. The van der Waals surface area contributed by atoms with E-state index in [1.807, 2.05) is 23.1 Å². The minimum absolute atomic E-state index is 0.00221. The summed E-state index contributed by atoms with van der Waals surface area (Å²) in [4.78, 5) is 48.4. The van der Waals surface area contributed by atoms with Crippen molar-refractivity contribution in [3.63, 3.8) is 0 Å². The minimum Gasteiger partial charge on any atom is -0.348 e. The third kappa shape index (κ3) is 3.55. The van der Waals surface area contributed by atoms with E-state index < -0.39 is 5.41 Å². The molecule has 3 aromatic heterocycles. The zero-order chi connectivity index (χ0) is 25.0. The van der Waals surface area contributed by atoms with Gasteiger partial charge in [-0.15, -0.1) is 0 Å². The summed E-state index contributed by atoms with van der Waals surface area (Å²) in [7, 11) is 0. The molecule has 184 valence electrons. The van der Waals surface area contributed by atoms with Crippen LogP contribution in [0.1, 0.15) is 38.6 Å². The second-order valence-electron chi connectivity index (χ2n) is 9.81. The van der Waals surface area contributed by atoms with Gasteiger partial charge in [0.15, 0.2) is 0 Å². The number of benzene rings is 1. The first-order chi connectivity index (χ1) is 18.1. The lowest BCUT2D eigenvalue weighted by molar-refractivity contribution is -0.120. The lowest BCUT2D eigenvalue weighted by Crippen LogP contribution is -2.35. The second kappa shape index (κ2) is 8.22. The van der Waals surface area contributed by atoms with Gasteiger partial charge in [-0.3, -0.25) is 9.59 Å². The molecule has 1 aromatic carbocycles. The summed E-state index contributed by atoms with van der Waals surface area (Å²) in [5.41, 5.74) is 5.92. The van der Waals surface area contributed by atoms with Crippen LogP contribution < -0.4 is 10.6 Å². The van der Waals surface area contributed by atoms with Gasteiger partial charge in [0.25, 0.3) is 5.91 Å². The van der Waals surface area contributed by atoms with E-state index in [1.165, 1.54) is 6.33 Å². The Morgan fingerprint density at radius 2 is 1.89 bits per heavy atom. The van der Waals surface area contributed by atoms with Crippen LogP contribution in [0.4, 0.5) is 17.3 Å². The Morgan fingerprint density at radius 1 is 1.00 bits per heavy atom. The van der Waals surface area contributed by atoms with Gasteiger partial charge in [-0.25, -0.2) is 19.9 Å². The largest absolute Gasteiger partial charge is 0.348 e. The summed E-state index contributed by atoms with van der Waals surface area (Å²) in [5, 5.41) is 6.26. The molecule has 1 aliphatic carbocycles. The molecule has 2 amide bonds. The number of nitrogens with one attached hydrogen (secondary N) is 3. The van der Waals surface area contributed by atoms with Crippen LogP contribution >= 0.6 is 0 Å². The van der Waals surface area contributed by atoms with Crippen LogP contribution in [0.5, 0.6) is 0 Å². The average Bonchev–Trinajstić information content (AvgIpc) is 3.56.